The highest BCUT2D eigenvalue weighted by Gasteiger charge is 2.50. The van der Waals surface area contributed by atoms with Crippen molar-refractivity contribution in [2.75, 3.05) is 174 Å². The lowest BCUT2D eigenvalue weighted by Gasteiger charge is -2.42. The topological polar surface area (TPSA) is 534 Å². The Morgan fingerprint density at radius 1 is 0.366 bits per heavy atom. The first-order chi connectivity index (χ1) is 53.5. The lowest BCUT2D eigenvalue weighted by Crippen LogP contribution is -2.59. The zero-order valence-corrected chi connectivity index (χ0v) is 69.8. The van der Waals surface area contributed by atoms with Crippen molar-refractivity contribution < 1.29 is 153 Å². The van der Waals surface area contributed by atoms with Crippen LogP contribution in [0.2, 0.25) is 0 Å². The van der Waals surface area contributed by atoms with Crippen molar-refractivity contribution >= 4 is 0 Å². The molecule has 112 heavy (non-hydrogen) atoms. The Labute approximate surface area is 665 Å². The van der Waals surface area contributed by atoms with Gasteiger partial charge in [0.05, 0.1) is 94.6 Å². The molecule has 672 valence electrons. The molecule has 0 amide bonds. The summed E-state index contributed by atoms with van der Waals surface area (Å²) in [5.74, 6) is 0. The van der Waals surface area contributed by atoms with Crippen LogP contribution in [0.15, 0.2) is 0 Å². The van der Waals surface area contributed by atoms with Crippen LogP contribution in [0.4, 0.5) is 0 Å². The molecule has 0 aliphatic carbocycles. The van der Waals surface area contributed by atoms with E-state index in [1.165, 1.54) is 35.5 Å². The summed E-state index contributed by atoms with van der Waals surface area (Å²) in [5, 5.41) is 169. The smallest absolute Gasteiger partial charge is 0.186 e. The maximum absolute atomic E-state index is 10.4. The van der Waals surface area contributed by atoms with Gasteiger partial charge in [0.2, 0.25) is 0 Å². The molecular weight excluding hydrogens is 1480 g/mol. The second kappa shape index (κ2) is 62.6. The molecule has 5 fully saturated rings. The van der Waals surface area contributed by atoms with Gasteiger partial charge in [-0.15, -0.1) is 0 Å². The van der Waals surface area contributed by atoms with E-state index in [1.807, 2.05) is 67.5 Å². The number of aliphatic hydroxyl groups is 16. The summed E-state index contributed by atoms with van der Waals surface area (Å²) in [4.78, 5) is 6.19. The highest BCUT2D eigenvalue weighted by Crippen LogP contribution is 2.31. The van der Waals surface area contributed by atoms with Crippen molar-refractivity contribution in [3.8, 4) is 0 Å². The number of likely N-dealkylation sites (N-methyl/N-ethyl adjacent to an activating group) is 2. The van der Waals surface area contributed by atoms with Gasteiger partial charge in [-0.2, -0.15) is 0 Å². The summed E-state index contributed by atoms with van der Waals surface area (Å²) in [5.41, 5.74) is 5.26. The Kier molecular flexibility index (Phi) is 60.6. The van der Waals surface area contributed by atoms with Gasteiger partial charge in [0.25, 0.3) is 0 Å². The molecule has 0 radical (unpaired) electrons. The third-order valence-corrected chi connectivity index (χ3v) is 19.6. The summed E-state index contributed by atoms with van der Waals surface area (Å²) in [7, 11) is 11.2. The molecular formula is C74H155N7O31. The molecule has 5 rings (SSSR count). The summed E-state index contributed by atoms with van der Waals surface area (Å²) >= 11 is 0. The third kappa shape index (κ3) is 38.5. The number of nitrogens with zero attached hydrogens (tertiary/aromatic N) is 3. The number of nitrogens with one attached hydrogen (secondary N) is 3. The van der Waals surface area contributed by atoms with Gasteiger partial charge in [-0.1, -0.05) is 75.2 Å². The molecule has 38 nitrogen and oxygen atoms in total. The van der Waals surface area contributed by atoms with Crippen LogP contribution in [0.1, 0.15) is 120 Å². The van der Waals surface area contributed by atoms with Gasteiger partial charge in [0.1, 0.15) is 97.8 Å². The average Bonchev–Trinajstić information content (AvgIpc) is 0.840. The van der Waals surface area contributed by atoms with Gasteiger partial charge in [-0.3, -0.25) is 4.90 Å². The Morgan fingerprint density at radius 2 is 0.652 bits per heavy atom. The summed E-state index contributed by atoms with van der Waals surface area (Å²) < 4.78 is 80.3. The van der Waals surface area contributed by atoms with Crippen LogP contribution in [-0.4, -0.2) is 455 Å². The van der Waals surface area contributed by atoms with Crippen molar-refractivity contribution in [1.29, 1.82) is 0 Å². The molecule has 0 spiro atoms. The number of unbranched alkanes of at least 4 members (excludes halogenated alkanes) is 2. The van der Waals surface area contributed by atoms with Gasteiger partial charge in [-0.05, 0) is 85.2 Å². The molecule has 0 bridgehead atoms. The van der Waals surface area contributed by atoms with Gasteiger partial charge < -0.3 is 184 Å². The largest absolute Gasteiger partial charge is 0.395 e. The van der Waals surface area contributed by atoms with E-state index in [4.69, 9.17) is 81.9 Å². The number of aliphatic hydroxyl groups excluding tert-OH is 16. The van der Waals surface area contributed by atoms with Crippen LogP contribution in [-0.2, 0) is 71.1 Å². The maximum Gasteiger partial charge on any atom is 0.186 e. The first-order valence-electron chi connectivity index (χ1n) is 40.2. The van der Waals surface area contributed by atoms with Gasteiger partial charge in [0.15, 0.2) is 31.5 Å². The quantitative estimate of drug-likeness (QED) is 0.0200. The standard InChI is InChI=1S/C19H39NO6.C17H37N3O6.C14H29NO6.C13H27NO7.C11H23NO6/c1-5-8-10-20(11-9-6-2)12-14(21)13-25-18-16(22)15(7-3)26-19(24-4)17(18)23;1-5-13-14(22)16(15(23)17(24-4)26-13)25-11-12(21)10-19-7-6-18-8-9-20(2)3;1-5-9-11(17)13(12(18)14(19-4)21-9)20-8-10(16)15(6-2)7-3;1-3-9-10(17)12(11(18)13(19-2)21-9)20-7-8(16)6-14-4-5-15;1-3-7-8(14)10(17-5-6(13)4-12)9(15)11(16-2)18-7/h14-19,21-23H,5-13H2,1-4H3;12-19,21-23H,5-11H2,1-4H3;9-14,16-18H,5-8H2,1-4H3;8-18H,3-7H2,1-2H3;6-11,13-15H,3-5,12H2,1-2H3. The average molecular weight is 1640 g/mol. The first-order valence-corrected chi connectivity index (χ1v) is 40.2. The monoisotopic (exact) mass is 1640 g/mol. The molecule has 0 saturated carbocycles. The maximum atomic E-state index is 10.4. The van der Waals surface area contributed by atoms with Crippen LogP contribution in [0.25, 0.3) is 0 Å². The van der Waals surface area contributed by atoms with Crippen molar-refractivity contribution in [3.05, 3.63) is 0 Å². The Bertz CT molecular complexity index is 2120. The van der Waals surface area contributed by atoms with E-state index in [0.717, 1.165) is 65.0 Å². The number of nitrogens with two attached hydrogens (primary N) is 1. The van der Waals surface area contributed by atoms with Crippen molar-refractivity contribution in [3.63, 3.8) is 0 Å². The molecule has 5 aliphatic heterocycles. The number of hydrogen-bond donors (Lipinski definition) is 20. The molecule has 30 atom stereocenters. The van der Waals surface area contributed by atoms with Gasteiger partial charge in [0, 0.05) is 94.5 Å². The Morgan fingerprint density at radius 3 is 0.920 bits per heavy atom. The number of methoxy groups -OCH3 is 5. The highest BCUT2D eigenvalue weighted by molar-refractivity contribution is 4.95. The summed E-state index contributed by atoms with van der Waals surface area (Å²) in [6.07, 6.45) is -17.9. The molecule has 30 unspecified atom stereocenters. The van der Waals surface area contributed by atoms with Gasteiger partial charge >= 0.3 is 0 Å². The molecule has 21 N–H and O–H groups in total. The summed E-state index contributed by atoms with van der Waals surface area (Å²) in [6.45, 7) is 25.8. The lowest BCUT2D eigenvalue weighted by molar-refractivity contribution is -0.301. The highest BCUT2D eigenvalue weighted by atomic mass is 16.7. The lowest BCUT2D eigenvalue weighted by atomic mass is 9.97. The fourth-order valence-corrected chi connectivity index (χ4v) is 12.8. The fourth-order valence-electron chi connectivity index (χ4n) is 12.8. The van der Waals surface area contributed by atoms with E-state index in [1.54, 1.807) is 0 Å². The SMILES string of the molecule is CCC1OC(OC)C(O)C(OCC(O)CN)C1O.CCC1OC(OC)C(O)C(OCC(O)CNCCNCCN(C)C)C1O.CCC1OC(OC)C(O)C(OCC(O)CNCCO)C1O.CCC1OC(OC)C(O)C(OCC(O)N(CC)CC)C1O.CCCCN(CCCC)CC(O)COC1C(O)C(CC)OC(OC)C1O. The number of rotatable bonds is 49. The minimum absolute atomic E-state index is 0.00666. The van der Waals surface area contributed by atoms with Gasteiger partial charge in [-0.25, -0.2) is 0 Å². The first kappa shape index (κ1) is 108. The van der Waals surface area contributed by atoms with Crippen LogP contribution < -0.4 is 21.7 Å². The third-order valence-electron chi connectivity index (χ3n) is 19.6. The van der Waals surface area contributed by atoms with Crippen molar-refractivity contribution in [2.45, 2.75) is 304 Å². The Hall–Kier alpha value is -1.52. The molecule has 0 aromatic carbocycles. The zero-order valence-electron chi connectivity index (χ0n) is 69.8. The van der Waals surface area contributed by atoms with Crippen molar-refractivity contribution in [2.24, 2.45) is 5.73 Å². The molecule has 38 heteroatoms. The summed E-state index contributed by atoms with van der Waals surface area (Å²) in [6, 6.07) is 0. The van der Waals surface area contributed by atoms with Crippen LogP contribution in [0.5, 0.6) is 0 Å². The normalized spacial score (nSPS) is 33.6. The number of hydrogen-bond acceptors (Lipinski definition) is 38. The van der Waals surface area contributed by atoms with E-state index >= 15 is 0 Å². The molecule has 5 aliphatic rings. The zero-order chi connectivity index (χ0) is 84.6. The molecule has 0 aromatic rings. The molecule has 5 heterocycles. The minimum atomic E-state index is -1.13. The fraction of sp³-hybridized carbons (Fsp3) is 1.00. The molecule has 5 saturated heterocycles. The predicted octanol–water partition coefficient (Wildman–Crippen LogP) is -5.34. The minimum Gasteiger partial charge on any atom is -0.395 e. The van der Waals surface area contributed by atoms with Crippen LogP contribution in [0, 0.1) is 0 Å². The second-order valence-corrected chi connectivity index (χ2v) is 28.6. The predicted molar refractivity (Wildman–Crippen MR) is 411 cm³/mol. The van der Waals surface area contributed by atoms with E-state index < -0.39 is 184 Å². The number of ether oxygens (including phenoxy) is 15. The van der Waals surface area contributed by atoms with Crippen molar-refractivity contribution in [1.82, 2.24) is 30.7 Å². The van der Waals surface area contributed by atoms with E-state index in [9.17, 15) is 76.6 Å². The van der Waals surface area contributed by atoms with Crippen LogP contribution in [0.3, 0.4) is 0 Å². The van der Waals surface area contributed by atoms with Crippen LogP contribution >= 0.6 is 0 Å². The van der Waals surface area contributed by atoms with E-state index in [0.29, 0.717) is 64.8 Å². The van der Waals surface area contributed by atoms with E-state index in [2.05, 4.69) is 39.6 Å². The van der Waals surface area contributed by atoms with E-state index in [-0.39, 0.29) is 52.7 Å². The molecule has 0 aromatic heterocycles. The second-order valence-electron chi connectivity index (χ2n) is 28.6. The Balaban J connectivity index is 0.000000704.